The Morgan fingerprint density at radius 2 is 1.49 bits per heavy atom. The number of H-pyrrole nitrogens is 1. The highest BCUT2D eigenvalue weighted by atomic mass is 16.5. The lowest BCUT2D eigenvalue weighted by atomic mass is 10.0. The molecule has 0 radical (unpaired) electrons. The lowest BCUT2D eigenvalue weighted by Gasteiger charge is -2.37. The van der Waals surface area contributed by atoms with Crippen LogP contribution in [0.2, 0.25) is 0 Å². The Morgan fingerprint density at radius 1 is 0.825 bits per heavy atom. The van der Waals surface area contributed by atoms with E-state index in [0.29, 0.717) is 24.2 Å². The number of amides is 3. The molecule has 5 aromatic rings. The molecular weight excluding hydrogens is 717 g/mol. The van der Waals surface area contributed by atoms with Crippen molar-refractivity contribution in [3.63, 3.8) is 0 Å². The highest BCUT2D eigenvalue weighted by Crippen LogP contribution is 2.35. The minimum absolute atomic E-state index is 0.0289. The molecule has 0 bridgehead atoms. The van der Waals surface area contributed by atoms with Crippen molar-refractivity contribution in [2.75, 3.05) is 44.1 Å². The van der Waals surface area contributed by atoms with E-state index in [1.165, 1.54) is 7.11 Å². The van der Waals surface area contributed by atoms with Crippen LogP contribution in [0, 0.1) is 0 Å². The Morgan fingerprint density at radius 3 is 2.19 bits per heavy atom. The zero-order valence-corrected chi connectivity index (χ0v) is 32.5. The van der Waals surface area contributed by atoms with E-state index in [9.17, 15) is 14.4 Å². The quantitative estimate of drug-likeness (QED) is 0.138. The third-order valence-corrected chi connectivity index (χ3v) is 11.3. The summed E-state index contributed by atoms with van der Waals surface area (Å²) in [6.07, 6.45) is 8.47. The molecule has 4 heterocycles. The highest BCUT2D eigenvalue weighted by Gasteiger charge is 2.41. The number of alkyl carbamates (subject to hydrolysis) is 1. The SMILES string of the molecule is COC(=O)N[C@@H](C(=O)N1CCC[C@H]1C1NC=CN1c1ccc(-c2ccc(-c3cnc([C@@H]4CCCN4C(=O)c4ccc(N(C)C)cc4)[nH]3)cc2)cc1)c1ccccc1. The van der Waals surface area contributed by atoms with Crippen LogP contribution in [0.4, 0.5) is 16.2 Å². The van der Waals surface area contributed by atoms with E-state index in [4.69, 9.17) is 9.72 Å². The van der Waals surface area contributed by atoms with Gasteiger partial charge in [0.1, 0.15) is 18.0 Å². The largest absolute Gasteiger partial charge is 0.453 e. The minimum atomic E-state index is -0.853. The molecule has 12 heteroatoms. The third kappa shape index (κ3) is 7.67. The van der Waals surface area contributed by atoms with E-state index in [1.807, 2.05) is 102 Å². The summed E-state index contributed by atoms with van der Waals surface area (Å²) < 4.78 is 4.86. The molecule has 0 saturated carbocycles. The second kappa shape index (κ2) is 16.3. The van der Waals surface area contributed by atoms with Crippen LogP contribution in [-0.2, 0) is 9.53 Å². The van der Waals surface area contributed by atoms with Gasteiger partial charge in [-0.05, 0) is 84.3 Å². The first-order valence-corrected chi connectivity index (χ1v) is 19.5. The highest BCUT2D eigenvalue weighted by molar-refractivity contribution is 5.95. The molecule has 3 aliphatic rings. The number of methoxy groups -OCH3 is 1. The first kappa shape index (κ1) is 37.4. The van der Waals surface area contributed by atoms with E-state index in [1.54, 1.807) is 0 Å². The third-order valence-electron chi connectivity index (χ3n) is 11.3. The Balaban J connectivity index is 0.930. The summed E-state index contributed by atoms with van der Waals surface area (Å²) in [6.45, 7) is 1.30. The monoisotopic (exact) mass is 764 g/mol. The number of benzene rings is 4. The number of hydrogen-bond donors (Lipinski definition) is 3. The van der Waals surface area contributed by atoms with Gasteiger partial charge in [-0.3, -0.25) is 9.59 Å². The zero-order chi connectivity index (χ0) is 39.5. The molecule has 292 valence electrons. The van der Waals surface area contributed by atoms with Crippen molar-refractivity contribution < 1.29 is 19.1 Å². The van der Waals surface area contributed by atoms with E-state index >= 15 is 0 Å². The number of nitrogens with one attached hydrogen (secondary N) is 3. The maximum atomic E-state index is 14.1. The van der Waals surface area contributed by atoms with Gasteiger partial charge < -0.3 is 40.0 Å². The Hall–Kier alpha value is -6.56. The lowest BCUT2D eigenvalue weighted by molar-refractivity contribution is -0.134. The second-order valence-corrected chi connectivity index (χ2v) is 15.0. The second-order valence-electron chi connectivity index (χ2n) is 15.0. The number of imidazole rings is 1. The van der Waals surface area contributed by atoms with Gasteiger partial charge in [-0.25, -0.2) is 9.78 Å². The van der Waals surface area contributed by atoms with E-state index in [-0.39, 0.29) is 30.1 Å². The summed E-state index contributed by atoms with van der Waals surface area (Å²) >= 11 is 0. The van der Waals surface area contributed by atoms with Crippen molar-refractivity contribution in [2.24, 2.45) is 0 Å². The average molecular weight is 765 g/mol. The molecule has 0 aliphatic carbocycles. The van der Waals surface area contributed by atoms with E-state index in [2.05, 4.69) is 69.0 Å². The van der Waals surface area contributed by atoms with E-state index < -0.39 is 12.1 Å². The Labute approximate surface area is 333 Å². The summed E-state index contributed by atoms with van der Waals surface area (Å²) in [5.41, 5.74) is 7.56. The molecule has 12 nitrogen and oxygen atoms in total. The number of carbonyl (C=O) groups is 3. The maximum Gasteiger partial charge on any atom is 0.407 e. The molecule has 3 N–H and O–H groups in total. The van der Waals surface area contributed by atoms with Crippen LogP contribution < -0.4 is 20.4 Å². The predicted octanol–water partition coefficient (Wildman–Crippen LogP) is 7.08. The minimum Gasteiger partial charge on any atom is -0.453 e. The number of aromatic amines is 1. The first-order chi connectivity index (χ1) is 27.8. The number of ether oxygens (including phenoxy) is 1. The molecule has 8 rings (SSSR count). The maximum absolute atomic E-state index is 14.1. The normalized spacial score (nSPS) is 19.4. The van der Waals surface area contributed by atoms with Crippen molar-refractivity contribution >= 4 is 29.3 Å². The van der Waals surface area contributed by atoms with Crippen LogP contribution in [0.15, 0.2) is 122 Å². The van der Waals surface area contributed by atoms with Gasteiger partial charge in [-0.2, -0.15) is 0 Å². The Kier molecular flexibility index (Phi) is 10.7. The molecule has 1 unspecified atom stereocenters. The van der Waals surface area contributed by atoms with E-state index in [0.717, 1.165) is 65.3 Å². The molecule has 1 aromatic heterocycles. The van der Waals surface area contributed by atoms with Gasteiger partial charge in [-0.1, -0.05) is 66.7 Å². The molecule has 4 aromatic carbocycles. The number of rotatable bonds is 10. The molecule has 57 heavy (non-hydrogen) atoms. The standard InChI is InChI=1S/C45H48N8O4/c1-50(2)35-21-19-34(20-22-35)43(54)52-26-7-11-38(52)41-47-29-37(48-41)32-15-13-30(14-16-32)31-17-23-36(24-18-31)51-28-25-46-42(51)39-12-8-27-53(39)44(55)40(49-45(56)57-3)33-9-5-4-6-10-33/h4-6,9-10,13-25,28-29,38-40,42,46H,7-8,11-12,26-27H2,1-3H3,(H,47,48)(H,49,56)/t38-,39-,40+,42?/m0/s1. The molecule has 3 aliphatic heterocycles. The van der Waals surface area contributed by atoms with Gasteiger partial charge in [0.15, 0.2) is 0 Å². The predicted molar refractivity (Wildman–Crippen MR) is 221 cm³/mol. The smallest absolute Gasteiger partial charge is 0.407 e. The lowest BCUT2D eigenvalue weighted by Crippen LogP contribution is -2.55. The summed E-state index contributed by atoms with van der Waals surface area (Å²) in [7, 11) is 5.28. The van der Waals surface area contributed by atoms with Gasteiger partial charge in [0.05, 0.1) is 31.1 Å². The fourth-order valence-electron chi connectivity index (χ4n) is 8.29. The molecule has 3 amide bonds. The topological polar surface area (TPSA) is 126 Å². The molecule has 0 spiro atoms. The number of anilines is 2. The summed E-state index contributed by atoms with van der Waals surface area (Å²) in [4.78, 5) is 56.1. The van der Waals surface area contributed by atoms with Crippen molar-refractivity contribution in [3.05, 3.63) is 139 Å². The van der Waals surface area contributed by atoms with Gasteiger partial charge in [0.2, 0.25) is 5.91 Å². The fraction of sp³-hybridized carbons (Fsp3) is 0.289. The molecule has 2 saturated heterocycles. The van der Waals surface area contributed by atoms with Gasteiger partial charge >= 0.3 is 6.09 Å². The van der Waals surface area contributed by atoms with Crippen molar-refractivity contribution in [1.82, 2.24) is 30.4 Å². The number of nitrogens with zero attached hydrogens (tertiary/aromatic N) is 5. The number of likely N-dealkylation sites (tertiary alicyclic amines) is 2. The Bertz CT molecular complexity index is 2220. The van der Waals surface area contributed by atoms with Crippen molar-refractivity contribution in [1.29, 1.82) is 0 Å². The molecule has 2 fully saturated rings. The summed E-state index contributed by atoms with van der Waals surface area (Å²) in [5.74, 6) is 0.676. The summed E-state index contributed by atoms with van der Waals surface area (Å²) in [5, 5.41) is 6.24. The first-order valence-electron chi connectivity index (χ1n) is 19.5. The molecular formula is C45H48N8O4. The number of aromatic nitrogens is 2. The average Bonchev–Trinajstić information content (AvgIpc) is 4.10. The van der Waals surface area contributed by atoms with Gasteiger partial charge in [0, 0.05) is 56.5 Å². The fourth-order valence-corrected chi connectivity index (χ4v) is 8.29. The van der Waals surface area contributed by atoms with Crippen LogP contribution in [-0.4, -0.2) is 84.2 Å². The van der Waals surface area contributed by atoms with Crippen LogP contribution in [0.5, 0.6) is 0 Å². The zero-order valence-electron chi connectivity index (χ0n) is 32.5. The van der Waals surface area contributed by atoms with Crippen LogP contribution in [0.3, 0.4) is 0 Å². The number of hydrogen-bond acceptors (Lipinski definition) is 8. The van der Waals surface area contributed by atoms with Crippen molar-refractivity contribution in [3.8, 4) is 22.4 Å². The molecule has 4 atom stereocenters. The van der Waals surface area contributed by atoms with Crippen LogP contribution in [0.1, 0.15) is 59.5 Å². The number of carbonyl (C=O) groups excluding carboxylic acids is 3. The van der Waals surface area contributed by atoms with Gasteiger partial charge in [-0.15, -0.1) is 0 Å². The van der Waals surface area contributed by atoms with Crippen LogP contribution in [0.25, 0.3) is 22.4 Å². The summed E-state index contributed by atoms with van der Waals surface area (Å²) in [6, 6.07) is 32.8. The van der Waals surface area contributed by atoms with Crippen molar-refractivity contribution in [2.45, 2.75) is 50.0 Å². The van der Waals surface area contributed by atoms with Crippen LogP contribution >= 0.6 is 0 Å². The van der Waals surface area contributed by atoms with Gasteiger partial charge in [0.25, 0.3) is 5.91 Å².